The minimum atomic E-state index is -0.971. The van der Waals surface area contributed by atoms with Gasteiger partial charge in [0.05, 0.1) is 18.0 Å². The largest absolute Gasteiger partial charge is 0.481 e. The first kappa shape index (κ1) is 20.3. The zero-order valence-electron chi connectivity index (χ0n) is 16.8. The lowest BCUT2D eigenvalue weighted by Gasteiger charge is -2.19. The van der Waals surface area contributed by atoms with Crippen LogP contribution in [0, 0.1) is 20.8 Å². The lowest BCUT2D eigenvalue weighted by atomic mass is 9.96. The number of aryl methyl sites for hydroxylation is 2. The third-order valence-electron chi connectivity index (χ3n) is 5.16. The van der Waals surface area contributed by atoms with Crippen LogP contribution in [0.15, 0.2) is 60.9 Å². The molecular formula is C24H24N2O3. The Labute approximate surface area is 170 Å². The van der Waals surface area contributed by atoms with Crippen LogP contribution in [0.5, 0.6) is 0 Å². The van der Waals surface area contributed by atoms with Gasteiger partial charge in [0.15, 0.2) is 0 Å². The lowest BCUT2D eigenvalue weighted by Crippen LogP contribution is -2.30. The maximum absolute atomic E-state index is 12.9. The molecule has 148 valence electrons. The summed E-state index contributed by atoms with van der Waals surface area (Å²) in [4.78, 5) is 28.5. The second-order valence-corrected chi connectivity index (χ2v) is 7.19. The second kappa shape index (κ2) is 8.69. The van der Waals surface area contributed by atoms with E-state index in [1.54, 1.807) is 12.3 Å². The number of carbonyl (C=O) groups is 2. The van der Waals surface area contributed by atoms with Gasteiger partial charge in [0.1, 0.15) is 0 Å². The van der Waals surface area contributed by atoms with Crippen LogP contribution in [-0.4, -0.2) is 22.0 Å². The van der Waals surface area contributed by atoms with E-state index in [-0.39, 0.29) is 12.3 Å². The van der Waals surface area contributed by atoms with Crippen molar-refractivity contribution in [1.82, 2.24) is 10.3 Å². The molecular weight excluding hydrogens is 364 g/mol. The molecule has 0 aliphatic rings. The minimum absolute atomic E-state index is 0.194. The molecule has 0 bridgehead atoms. The zero-order valence-corrected chi connectivity index (χ0v) is 16.8. The topological polar surface area (TPSA) is 79.3 Å². The molecule has 0 aliphatic carbocycles. The van der Waals surface area contributed by atoms with Gasteiger partial charge in [-0.05, 0) is 54.7 Å². The van der Waals surface area contributed by atoms with Crippen LogP contribution < -0.4 is 5.32 Å². The second-order valence-electron chi connectivity index (χ2n) is 7.19. The third-order valence-corrected chi connectivity index (χ3v) is 5.16. The molecule has 1 aromatic heterocycles. The molecule has 1 heterocycles. The first-order valence-electron chi connectivity index (χ1n) is 9.46. The third kappa shape index (κ3) is 4.69. The number of nitrogens with zero attached hydrogens (tertiary/aromatic N) is 1. The number of rotatable bonds is 6. The summed E-state index contributed by atoms with van der Waals surface area (Å²) < 4.78 is 0. The molecule has 0 fully saturated rings. The Kier molecular flexibility index (Phi) is 6.07. The van der Waals surface area contributed by atoms with Gasteiger partial charge in [-0.25, -0.2) is 0 Å². The van der Waals surface area contributed by atoms with Gasteiger partial charge in [-0.1, -0.05) is 42.5 Å². The van der Waals surface area contributed by atoms with Gasteiger partial charge in [0.25, 0.3) is 5.91 Å². The van der Waals surface area contributed by atoms with Gasteiger partial charge in [0, 0.05) is 18.0 Å². The molecule has 5 heteroatoms. The number of carboxylic acid groups (broad SMARTS) is 1. The van der Waals surface area contributed by atoms with Crippen molar-refractivity contribution in [3.8, 4) is 11.1 Å². The molecule has 1 unspecified atom stereocenters. The lowest BCUT2D eigenvalue weighted by molar-refractivity contribution is -0.137. The van der Waals surface area contributed by atoms with E-state index in [2.05, 4.69) is 10.3 Å². The number of nitrogens with one attached hydrogen (secondary N) is 1. The number of benzene rings is 2. The SMILES string of the molecule is Cc1ccccc1C(CC(=O)O)NC(=O)c1cncc(-c2cccc(C)c2C)c1. The van der Waals surface area contributed by atoms with E-state index in [9.17, 15) is 14.7 Å². The average molecular weight is 388 g/mol. The van der Waals surface area contributed by atoms with E-state index in [1.165, 1.54) is 11.8 Å². The molecule has 0 aliphatic heterocycles. The van der Waals surface area contributed by atoms with Crippen LogP contribution in [0.1, 0.15) is 45.1 Å². The predicted octanol–water partition coefficient (Wildman–Crippen LogP) is 4.62. The Morgan fingerprint density at radius 3 is 2.45 bits per heavy atom. The molecule has 0 saturated carbocycles. The van der Waals surface area contributed by atoms with Crippen molar-refractivity contribution >= 4 is 11.9 Å². The van der Waals surface area contributed by atoms with E-state index in [0.29, 0.717) is 5.56 Å². The summed E-state index contributed by atoms with van der Waals surface area (Å²) in [7, 11) is 0. The fourth-order valence-corrected chi connectivity index (χ4v) is 3.41. The van der Waals surface area contributed by atoms with Crippen LogP contribution in [0.2, 0.25) is 0 Å². The molecule has 1 amide bonds. The first-order valence-corrected chi connectivity index (χ1v) is 9.46. The Bertz CT molecular complexity index is 1060. The smallest absolute Gasteiger partial charge is 0.305 e. The van der Waals surface area contributed by atoms with E-state index >= 15 is 0 Å². The normalized spacial score (nSPS) is 11.7. The summed E-state index contributed by atoms with van der Waals surface area (Å²) in [5.41, 5.74) is 6.29. The van der Waals surface area contributed by atoms with E-state index in [0.717, 1.165) is 27.8 Å². The standard InChI is InChI=1S/C24H24N2O3/c1-15-8-6-10-21(17(15)3)18-11-19(14-25-13-18)24(29)26-22(12-23(27)28)20-9-5-4-7-16(20)2/h4-11,13-14,22H,12H2,1-3H3,(H,26,29)(H,27,28). The van der Waals surface area contributed by atoms with Crippen LogP contribution in [-0.2, 0) is 4.79 Å². The summed E-state index contributed by atoms with van der Waals surface area (Å²) in [6.45, 7) is 5.99. The van der Waals surface area contributed by atoms with Crippen molar-refractivity contribution in [2.24, 2.45) is 0 Å². The van der Waals surface area contributed by atoms with Crippen LogP contribution in [0.3, 0.4) is 0 Å². The van der Waals surface area contributed by atoms with Gasteiger partial charge in [-0.15, -0.1) is 0 Å². The Morgan fingerprint density at radius 2 is 1.72 bits per heavy atom. The van der Waals surface area contributed by atoms with Gasteiger partial charge in [-0.2, -0.15) is 0 Å². The van der Waals surface area contributed by atoms with Crippen molar-refractivity contribution < 1.29 is 14.7 Å². The fourth-order valence-electron chi connectivity index (χ4n) is 3.41. The van der Waals surface area contributed by atoms with Crippen LogP contribution >= 0.6 is 0 Å². The van der Waals surface area contributed by atoms with Crippen molar-refractivity contribution in [2.45, 2.75) is 33.2 Å². The van der Waals surface area contributed by atoms with Crippen molar-refractivity contribution in [3.63, 3.8) is 0 Å². The minimum Gasteiger partial charge on any atom is -0.481 e. The van der Waals surface area contributed by atoms with Crippen molar-refractivity contribution in [1.29, 1.82) is 0 Å². The highest BCUT2D eigenvalue weighted by molar-refractivity contribution is 5.95. The summed E-state index contributed by atoms with van der Waals surface area (Å²) in [5, 5.41) is 12.2. The van der Waals surface area contributed by atoms with Crippen LogP contribution in [0.25, 0.3) is 11.1 Å². The van der Waals surface area contributed by atoms with Crippen LogP contribution in [0.4, 0.5) is 0 Å². The molecule has 1 atom stereocenters. The summed E-state index contributed by atoms with van der Waals surface area (Å²) in [5.74, 6) is -1.32. The van der Waals surface area contributed by atoms with Crippen molar-refractivity contribution in [3.05, 3.63) is 88.7 Å². The summed E-state index contributed by atoms with van der Waals surface area (Å²) in [6.07, 6.45) is 3.04. The highest BCUT2D eigenvalue weighted by atomic mass is 16.4. The zero-order chi connectivity index (χ0) is 21.0. The molecule has 0 spiro atoms. The number of pyridine rings is 1. The summed E-state index contributed by atoms with van der Waals surface area (Å²) >= 11 is 0. The Morgan fingerprint density at radius 1 is 1.00 bits per heavy atom. The number of aromatic nitrogens is 1. The number of hydrogen-bond donors (Lipinski definition) is 2. The summed E-state index contributed by atoms with van der Waals surface area (Å²) in [6, 6.07) is 14.7. The van der Waals surface area contributed by atoms with Gasteiger partial charge < -0.3 is 10.4 Å². The number of amides is 1. The Hall–Kier alpha value is -3.47. The molecule has 0 saturated heterocycles. The molecule has 5 nitrogen and oxygen atoms in total. The number of hydrogen-bond acceptors (Lipinski definition) is 3. The quantitative estimate of drug-likeness (QED) is 0.646. The fraction of sp³-hybridized carbons (Fsp3) is 0.208. The molecule has 29 heavy (non-hydrogen) atoms. The number of aliphatic carboxylic acids is 1. The first-order chi connectivity index (χ1) is 13.9. The van der Waals surface area contributed by atoms with E-state index in [4.69, 9.17) is 0 Å². The molecule has 0 radical (unpaired) electrons. The molecule has 3 aromatic rings. The van der Waals surface area contributed by atoms with Crippen molar-refractivity contribution in [2.75, 3.05) is 0 Å². The maximum Gasteiger partial charge on any atom is 0.305 e. The maximum atomic E-state index is 12.9. The predicted molar refractivity (Wildman–Crippen MR) is 113 cm³/mol. The van der Waals surface area contributed by atoms with E-state index < -0.39 is 12.0 Å². The molecule has 2 N–H and O–H groups in total. The molecule has 2 aromatic carbocycles. The monoisotopic (exact) mass is 388 g/mol. The van der Waals surface area contributed by atoms with Gasteiger partial charge in [0.2, 0.25) is 0 Å². The highest BCUT2D eigenvalue weighted by Crippen LogP contribution is 2.26. The van der Waals surface area contributed by atoms with E-state index in [1.807, 2.05) is 63.2 Å². The molecule has 3 rings (SSSR count). The average Bonchev–Trinajstić information content (AvgIpc) is 2.69. The highest BCUT2D eigenvalue weighted by Gasteiger charge is 2.21. The van der Waals surface area contributed by atoms with Gasteiger partial charge >= 0.3 is 5.97 Å². The Balaban J connectivity index is 1.90. The number of carboxylic acids is 1. The number of carbonyl (C=O) groups excluding carboxylic acids is 1. The van der Waals surface area contributed by atoms with Gasteiger partial charge in [-0.3, -0.25) is 14.6 Å².